The van der Waals surface area contributed by atoms with Gasteiger partial charge >= 0.3 is 5.97 Å². The predicted octanol–water partition coefficient (Wildman–Crippen LogP) is 0.732. The van der Waals surface area contributed by atoms with E-state index in [9.17, 15) is 24.5 Å². The largest absolute Gasteiger partial charge is 0.482 e. The highest BCUT2D eigenvalue weighted by Crippen LogP contribution is 2.35. The zero-order chi connectivity index (χ0) is 19.3. The summed E-state index contributed by atoms with van der Waals surface area (Å²) < 4.78 is 10.1. The van der Waals surface area contributed by atoms with Crippen LogP contribution in [0.1, 0.15) is 13.8 Å². The lowest BCUT2D eigenvalue weighted by atomic mass is 10.2. The number of nitro groups is 1. The lowest BCUT2D eigenvalue weighted by Gasteiger charge is -2.28. The van der Waals surface area contributed by atoms with Crippen LogP contribution in [0.25, 0.3) is 0 Å². The van der Waals surface area contributed by atoms with Gasteiger partial charge in [0.2, 0.25) is 0 Å². The number of carbonyl (C=O) groups excluding carboxylic acids is 3. The van der Waals surface area contributed by atoms with Gasteiger partial charge in [-0.05, 0) is 19.9 Å². The molecule has 0 bridgehead atoms. The first-order valence-electron chi connectivity index (χ1n) is 8.02. The Hall–Kier alpha value is -3.17. The molecule has 26 heavy (non-hydrogen) atoms. The van der Waals surface area contributed by atoms with E-state index >= 15 is 0 Å². The van der Waals surface area contributed by atoms with Gasteiger partial charge < -0.3 is 14.4 Å². The molecule has 0 saturated carbocycles. The zero-order valence-corrected chi connectivity index (χ0v) is 14.5. The second-order valence-corrected chi connectivity index (χ2v) is 5.40. The minimum Gasteiger partial charge on any atom is -0.482 e. The number of amides is 2. The smallest absolute Gasteiger partial charge is 0.326 e. The van der Waals surface area contributed by atoms with Gasteiger partial charge in [-0.3, -0.25) is 29.4 Å². The van der Waals surface area contributed by atoms with E-state index in [0.29, 0.717) is 13.1 Å². The average Bonchev–Trinajstić information content (AvgIpc) is 2.63. The fraction of sp³-hybridized carbons (Fsp3) is 0.438. The topological polar surface area (TPSA) is 119 Å². The van der Waals surface area contributed by atoms with Crippen molar-refractivity contribution < 1.29 is 28.8 Å². The molecule has 1 aromatic rings. The molecule has 1 aliphatic heterocycles. The molecule has 1 heterocycles. The SMILES string of the molecule is CCN(CC)C(=O)COC(=O)CN1C(=O)COc2ccc([N+](=O)[O-])cc21. The molecule has 1 aliphatic rings. The van der Waals surface area contributed by atoms with E-state index in [1.165, 1.54) is 17.0 Å². The highest BCUT2D eigenvalue weighted by Gasteiger charge is 2.30. The van der Waals surface area contributed by atoms with E-state index in [2.05, 4.69) is 0 Å². The molecule has 0 saturated heterocycles. The van der Waals surface area contributed by atoms with Gasteiger partial charge in [0.25, 0.3) is 17.5 Å². The highest BCUT2D eigenvalue weighted by atomic mass is 16.6. The van der Waals surface area contributed by atoms with Crippen LogP contribution in [-0.4, -0.2) is 60.5 Å². The summed E-state index contributed by atoms with van der Waals surface area (Å²) in [6, 6.07) is 3.76. The number of anilines is 1. The number of hydrogen-bond donors (Lipinski definition) is 0. The summed E-state index contributed by atoms with van der Waals surface area (Å²) in [6.07, 6.45) is 0. The number of ether oxygens (including phenoxy) is 2. The molecule has 140 valence electrons. The van der Waals surface area contributed by atoms with Gasteiger partial charge in [0.05, 0.1) is 10.6 Å². The number of nitro benzene ring substituents is 1. The molecule has 0 fully saturated rings. The minimum atomic E-state index is -0.793. The van der Waals surface area contributed by atoms with Crippen LogP contribution in [0, 0.1) is 10.1 Å². The number of hydrogen-bond acceptors (Lipinski definition) is 7. The Bertz CT molecular complexity index is 731. The van der Waals surface area contributed by atoms with Crippen molar-refractivity contribution in [2.24, 2.45) is 0 Å². The van der Waals surface area contributed by atoms with E-state index < -0.39 is 30.0 Å². The Morgan fingerprint density at radius 2 is 2.04 bits per heavy atom. The predicted molar refractivity (Wildman–Crippen MR) is 89.8 cm³/mol. The molecule has 1 aromatic carbocycles. The second-order valence-electron chi connectivity index (χ2n) is 5.40. The Kier molecular flexibility index (Phi) is 6.10. The van der Waals surface area contributed by atoms with Gasteiger partial charge in [-0.1, -0.05) is 0 Å². The van der Waals surface area contributed by atoms with Crippen molar-refractivity contribution in [3.63, 3.8) is 0 Å². The number of fused-ring (bicyclic) bond motifs is 1. The lowest BCUT2D eigenvalue weighted by molar-refractivity contribution is -0.384. The maximum absolute atomic E-state index is 12.1. The fourth-order valence-corrected chi connectivity index (χ4v) is 2.46. The zero-order valence-electron chi connectivity index (χ0n) is 14.5. The Balaban J connectivity index is 2.08. The first-order chi connectivity index (χ1) is 12.4. The number of nitrogens with zero attached hydrogens (tertiary/aromatic N) is 3. The maximum Gasteiger partial charge on any atom is 0.326 e. The molecule has 0 radical (unpaired) electrons. The van der Waals surface area contributed by atoms with E-state index in [1.54, 1.807) is 13.8 Å². The van der Waals surface area contributed by atoms with Crippen molar-refractivity contribution in [1.29, 1.82) is 0 Å². The first-order valence-corrected chi connectivity index (χ1v) is 8.02. The molecule has 0 unspecified atom stereocenters. The molecule has 0 aliphatic carbocycles. The van der Waals surface area contributed by atoms with Gasteiger partial charge in [0, 0.05) is 25.2 Å². The van der Waals surface area contributed by atoms with Crippen LogP contribution in [0.5, 0.6) is 5.75 Å². The number of likely N-dealkylation sites (N-methyl/N-ethyl adjacent to an activating group) is 1. The fourth-order valence-electron chi connectivity index (χ4n) is 2.46. The number of rotatable bonds is 7. The van der Waals surface area contributed by atoms with Crippen LogP contribution in [0.2, 0.25) is 0 Å². The number of esters is 1. The molecular formula is C16H19N3O7. The summed E-state index contributed by atoms with van der Waals surface area (Å²) in [5.41, 5.74) is -0.125. The minimum absolute atomic E-state index is 0.113. The van der Waals surface area contributed by atoms with E-state index in [0.717, 1.165) is 11.0 Å². The summed E-state index contributed by atoms with van der Waals surface area (Å²) in [4.78, 5) is 48.8. The Labute approximate surface area is 149 Å². The molecule has 2 rings (SSSR count). The number of non-ortho nitro benzene ring substituents is 1. The van der Waals surface area contributed by atoms with E-state index in [-0.39, 0.29) is 29.6 Å². The van der Waals surface area contributed by atoms with Crippen molar-refractivity contribution >= 4 is 29.2 Å². The lowest BCUT2D eigenvalue weighted by Crippen LogP contribution is -2.43. The summed E-state index contributed by atoms with van der Waals surface area (Å²) in [5, 5.41) is 10.9. The highest BCUT2D eigenvalue weighted by molar-refractivity contribution is 6.01. The monoisotopic (exact) mass is 365 g/mol. The van der Waals surface area contributed by atoms with Crippen LogP contribution >= 0.6 is 0 Å². The molecule has 0 atom stereocenters. The van der Waals surface area contributed by atoms with Crippen LogP contribution in [0.3, 0.4) is 0 Å². The quantitative estimate of drug-likeness (QED) is 0.397. The van der Waals surface area contributed by atoms with Crippen molar-refractivity contribution in [2.45, 2.75) is 13.8 Å². The van der Waals surface area contributed by atoms with Gasteiger partial charge in [0.1, 0.15) is 12.3 Å². The third kappa shape index (κ3) is 4.26. The van der Waals surface area contributed by atoms with Crippen LogP contribution in [0.15, 0.2) is 18.2 Å². The van der Waals surface area contributed by atoms with Crippen molar-refractivity contribution in [2.75, 3.05) is 37.7 Å². The van der Waals surface area contributed by atoms with Gasteiger partial charge in [-0.15, -0.1) is 0 Å². The standard InChI is InChI=1S/C16H19N3O7/c1-3-17(4-2)14(20)9-26-16(22)8-18-12-7-11(19(23)24)5-6-13(12)25-10-15(18)21/h5-7H,3-4,8-10H2,1-2H3. The van der Waals surface area contributed by atoms with Crippen molar-refractivity contribution in [1.82, 2.24) is 4.90 Å². The number of carbonyl (C=O) groups is 3. The molecule has 10 nitrogen and oxygen atoms in total. The van der Waals surface area contributed by atoms with Crippen LogP contribution in [0.4, 0.5) is 11.4 Å². The van der Waals surface area contributed by atoms with Crippen molar-refractivity contribution in [3.05, 3.63) is 28.3 Å². The van der Waals surface area contributed by atoms with Crippen molar-refractivity contribution in [3.8, 4) is 5.75 Å². The Morgan fingerprint density at radius 1 is 1.35 bits per heavy atom. The maximum atomic E-state index is 12.1. The van der Waals surface area contributed by atoms with E-state index in [4.69, 9.17) is 9.47 Å². The summed E-state index contributed by atoms with van der Waals surface area (Å²) >= 11 is 0. The summed E-state index contributed by atoms with van der Waals surface area (Å²) in [6.45, 7) is 3.40. The van der Waals surface area contributed by atoms with Gasteiger partial charge in [-0.2, -0.15) is 0 Å². The third-order valence-corrected chi connectivity index (χ3v) is 3.86. The van der Waals surface area contributed by atoms with Crippen LogP contribution < -0.4 is 9.64 Å². The van der Waals surface area contributed by atoms with E-state index in [1.807, 2.05) is 0 Å². The molecular weight excluding hydrogens is 346 g/mol. The molecule has 2 amide bonds. The number of benzene rings is 1. The average molecular weight is 365 g/mol. The van der Waals surface area contributed by atoms with Gasteiger partial charge in [-0.25, -0.2) is 0 Å². The molecule has 0 N–H and O–H groups in total. The normalized spacial score (nSPS) is 12.8. The van der Waals surface area contributed by atoms with Gasteiger partial charge in [0.15, 0.2) is 13.2 Å². The molecule has 0 aromatic heterocycles. The Morgan fingerprint density at radius 3 is 2.65 bits per heavy atom. The summed E-state index contributed by atoms with van der Waals surface area (Å²) in [7, 11) is 0. The third-order valence-electron chi connectivity index (χ3n) is 3.86. The first kappa shape index (κ1) is 19.2. The molecule has 0 spiro atoms. The molecule has 10 heteroatoms. The summed E-state index contributed by atoms with van der Waals surface area (Å²) in [5.74, 6) is -1.42. The second kappa shape index (κ2) is 8.28. The van der Waals surface area contributed by atoms with Crippen LogP contribution in [-0.2, 0) is 19.1 Å².